The van der Waals surface area contributed by atoms with Crippen LogP contribution < -0.4 is 0 Å². The third kappa shape index (κ3) is 4.21. The quantitative estimate of drug-likeness (QED) is 0.850. The number of carboxylic acids is 1. The first-order chi connectivity index (χ1) is 12.5. The molecule has 0 bridgehead atoms. The average molecular weight is 380 g/mol. The zero-order valence-electron chi connectivity index (χ0n) is 15.0. The molecular weight excluding hydrogens is 354 g/mol. The van der Waals surface area contributed by atoms with E-state index in [1.165, 1.54) is 0 Å². The van der Waals surface area contributed by atoms with Crippen LogP contribution in [0.5, 0.6) is 0 Å². The fraction of sp³-hybridized carbons (Fsp3) is 0.600. The zero-order valence-corrected chi connectivity index (χ0v) is 15.7. The molecule has 0 spiro atoms. The van der Waals surface area contributed by atoms with Crippen molar-refractivity contribution in [1.82, 2.24) is 4.90 Å². The van der Waals surface area contributed by atoms with Crippen molar-refractivity contribution in [2.45, 2.75) is 43.9 Å². The zero-order chi connectivity index (χ0) is 18.6. The average Bonchev–Trinajstić information content (AvgIpc) is 2.67. The van der Waals surface area contributed by atoms with Gasteiger partial charge in [0.25, 0.3) is 0 Å². The van der Waals surface area contributed by atoms with Crippen molar-refractivity contribution < 1.29 is 19.4 Å². The minimum atomic E-state index is -0.768. The van der Waals surface area contributed by atoms with Gasteiger partial charge in [0.15, 0.2) is 0 Å². The lowest BCUT2D eigenvalue weighted by Crippen LogP contribution is -2.52. The number of rotatable bonds is 5. The van der Waals surface area contributed by atoms with Crippen LogP contribution in [0.25, 0.3) is 0 Å². The number of carbonyl (C=O) groups is 2. The molecule has 1 atom stereocenters. The van der Waals surface area contributed by atoms with Gasteiger partial charge in [0.05, 0.1) is 5.41 Å². The second-order valence-electron chi connectivity index (χ2n) is 7.39. The summed E-state index contributed by atoms with van der Waals surface area (Å²) in [5.74, 6) is -0.343. The van der Waals surface area contributed by atoms with E-state index in [0.717, 1.165) is 24.9 Å². The van der Waals surface area contributed by atoms with E-state index in [9.17, 15) is 9.59 Å². The second kappa shape index (κ2) is 8.40. The van der Waals surface area contributed by atoms with E-state index in [1.54, 1.807) is 0 Å². The van der Waals surface area contributed by atoms with E-state index in [2.05, 4.69) is 0 Å². The third-order valence-corrected chi connectivity index (χ3v) is 5.98. The molecule has 142 valence electrons. The lowest BCUT2D eigenvalue weighted by Gasteiger charge is -2.43. The molecular formula is C20H26ClNO4. The van der Waals surface area contributed by atoms with Gasteiger partial charge in [0.2, 0.25) is 5.91 Å². The maximum absolute atomic E-state index is 13.6. The van der Waals surface area contributed by atoms with Crippen LogP contribution in [0.3, 0.4) is 0 Å². The normalized spacial score (nSPS) is 22.8. The number of halogens is 1. The van der Waals surface area contributed by atoms with Crippen LogP contribution in [0.2, 0.25) is 5.02 Å². The van der Waals surface area contributed by atoms with Crippen molar-refractivity contribution in [3.8, 4) is 0 Å². The number of nitrogens with zero attached hydrogens (tertiary/aromatic N) is 1. The molecule has 26 heavy (non-hydrogen) atoms. The summed E-state index contributed by atoms with van der Waals surface area (Å²) < 4.78 is 5.53. The van der Waals surface area contributed by atoms with Crippen LogP contribution in [0.1, 0.15) is 44.1 Å². The van der Waals surface area contributed by atoms with E-state index in [0.29, 0.717) is 44.0 Å². The number of hydrogen-bond donors (Lipinski definition) is 1. The smallest absolute Gasteiger partial charge is 0.303 e. The number of carbonyl (C=O) groups excluding carboxylic acids is 1. The molecule has 0 aromatic heterocycles. The standard InChI is InChI=1S/C20H26ClNO4/c21-17-6-4-16(5-7-17)20(9-12-26-13-10-20)19(25)22-11-1-2-15(14-22)3-8-18(23)24/h4-7,15H,1-3,8-14H2,(H,23,24). The third-order valence-electron chi connectivity index (χ3n) is 5.73. The highest BCUT2D eigenvalue weighted by atomic mass is 35.5. The Kier molecular flexibility index (Phi) is 6.20. The maximum atomic E-state index is 13.6. The van der Waals surface area contributed by atoms with Crippen LogP contribution in [-0.2, 0) is 19.7 Å². The highest BCUT2D eigenvalue weighted by molar-refractivity contribution is 6.30. The van der Waals surface area contributed by atoms with Crippen LogP contribution >= 0.6 is 11.6 Å². The van der Waals surface area contributed by atoms with Gasteiger partial charge >= 0.3 is 5.97 Å². The molecule has 1 N–H and O–H groups in total. The first-order valence-electron chi connectivity index (χ1n) is 9.36. The molecule has 1 amide bonds. The molecule has 0 aliphatic carbocycles. The Bertz CT molecular complexity index is 640. The van der Waals surface area contributed by atoms with Gasteiger partial charge in [-0.25, -0.2) is 0 Å². The van der Waals surface area contributed by atoms with Gasteiger partial charge in [-0.1, -0.05) is 23.7 Å². The first-order valence-corrected chi connectivity index (χ1v) is 9.74. The molecule has 3 rings (SSSR count). The molecule has 2 fully saturated rings. The second-order valence-corrected chi connectivity index (χ2v) is 7.83. The lowest BCUT2D eigenvalue weighted by atomic mass is 9.72. The van der Waals surface area contributed by atoms with E-state index in [1.807, 2.05) is 29.2 Å². The van der Waals surface area contributed by atoms with Crippen molar-refractivity contribution in [1.29, 1.82) is 0 Å². The summed E-state index contributed by atoms with van der Waals surface area (Å²) >= 11 is 6.04. The number of hydrogen-bond acceptors (Lipinski definition) is 3. The Labute approximate surface area is 159 Å². The minimum absolute atomic E-state index is 0.156. The van der Waals surface area contributed by atoms with E-state index < -0.39 is 11.4 Å². The van der Waals surface area contributed by atoms with Gasteiger partial charge < -0.3 is 14.7 Å². The Morgan fingerprint density at radius 1 is 1.23 bits per heavy atom. The molecule has 2 aliphatic rings. The molecule has 2 aliphatic heterocycles. The van der Waals surface area contributed by atoms with Crippen LogP contribution in [0.15, 0.2) is 24.3 Å². The molecule has 2 saturated heterocycles. The molecule has 1 aromatic carbocycles. The summed E-state index contributed by atoms with van der Waals surface area (Å²) in [7, 11) is 0. The molecule has 0 radical (unpaired) electrons. The van der Waals surface area contributed by atoms with Gasteiger partial charge in [-0.3, -0.25) is 9.59 Å². The molecule has 1 aromatic rings. The largest absolute Gasteiger partial charge is 0.481 e. The summed E-state index contributed by atoms with van der Waals surface area (Å²) in [5, 5.41) is 9.59. The van der Waals surface area contributed by atoms with Crippen molar-refractivity contribution in [2.75, 3.05) is 26.3 Å². The maximum Gasteiger partial charge on any atom is 0.303 e. The lowest BCUT2D eigenvalue weighted by molar-refractivity contribution is -0.143. The van der Waals surface area contributed by atoms with Crippen molar-refractivity contribution in [3.05, 3.63) is 34.9 Å². The fourth-order valence-corrected chi connectivity index (χ4v) is 4.36. The topological polar surface area (TPSA) is 66.8 Å². The van der Waals surface area contributed by atoms with Crippen molar-refractivity contribution in [3.63, 3.8) is 0 Å². The number of benzene rings is 1. The predicted molar refractivity (Wildman–Crippen MR) is 99.4 cm³/mol. The summed E-state index contributed by atoms with van der Waals surface area (Å²) in [6, 6.07) is 7.59. The Morgan fingerprint density at radius 3 is 2.58 bits per heavy atom. The summed E-state index contributed by atoms with van der Waals surface area (Å²) in [5.41, 5.74) is 0.445. The molecule has 1 unspecified atom stereocenters. The van der Waals surface area contributed by atoms with Crippen LogP contribution in [0, 0.1) is 5.92 Å². The Balaban J connectivity index is 1.79. The van der Waals surface area contributed by atoms with Gasteiger partial charge in [-0.05, 0) is 55.7 Å². The Hall–Kier alpha value is -1.59. The molecule has 0 saturated carbocycles. The number of amides is 1. The van der Waals surface area contributed by atoms with E-state index >= 15 is 0 Å². The molecule has 6 heteroatoms. The van der Waals surface area contributed by atoms with Crippen molar-refractivity contribution in [2.24, 2.45) is 5.92 Å². The SMILES string of the molecule is O=C(O)CCC1CCCN(C(=O)C2(c3ccc(Cl)cc3)CCOCC2)C1. The van der Waals surface area contributed by atoms with Crippen LogP contribution in [0.4, 0.5) is 0 Å². The van der Waals surface area contributed by atoms with Crippen LogP contribution in [-0.4, -0.2) is 48.2 Å². The van der Waals surface area contributed by atoms with Gasteiger partial charge in [0, 0.05) is 37.7 Å². The highest BCUT2D eigenvalue weighted by Crippen LogP contribution is 2.38. The number of piperidine rings is 1. The predicted octanol–water partition coefficient (Wildman–Crippen LogP) is 3.49. The van der Waals surface area contributed by atoms with E-state index in [-0.39, 0.29) is 18.2 Å². The number of carboxylic acid groups (broad SMARTS) is 1. The first kappa shape index (κ1) is 19.2. The molecule has 2 heterocycles. The summed E-state index contributed by atoms with van der Waals surface area (Å²) in [6.45, 7) is 2.55. The number of ether oxygens (including phenoxy) is 1. The highest BCUT2D eigenvalue weighted by Gasteiger charge is 2.44. The number of aliphatic carboxylic acids is 1. The summed E-state index contributed by atoms with van der Waals surface area (Å²) in [4.78, 5) is 26.4. The van der Waals surface area contributed by atoms with Gasteiger partial charge in [0.1, 0.15) is 0 Å². The number of likely N-dealkylation sites (tertiary alicyclic amines) is 1. The fourth-order valence-electron chi connectivity index (χ4n) is 4.23. The van der Waals surface area contributed by atoms with E-state index in [4.69, 9.17) is 21.4 Å². The minimum Gasteiger partial charge on any atom is -0.481 e. The molecule has 5 nitrogen and oxygen atoms in total. The monoisotopic (exact) mass is 379 g/mol. The summed E-state index contributed by atoms with van der Waals surface area (Å²) in [6.07, 6.45) is 4.07. The Morgan fingerprint density at radius 2 is 1.92 bits per heavy atom. The van der Waals surface area contributed by atoms with Gasteiger partial charge in [-0.15, -0.1) is 0 Å². The van der Waals surface area contributed by atoms with Gasteiger partial charge in [-0.2, -0.15) is 0 Å². The van der Waals surface area contributed by atoms with Crippen molar-refractivity contribution >= 4 is 23.5 Å².